The minimum atomic E-state index is -1.01. The summed E-state index contributed by atoms with van der Waals surface area (Å²) < 4.78 is 1.77. The molecule has 2 fully saturated rings. The van der Waals surface area contributed by atoms with Gasteiger partial charge in [0.2, 0.25) is 0 Å². The van der Waals surface area contributed by atoms with E-state index in [0.29, 0.717) is 26.2 Å². The molecule has 0 bridgehead atoms. The van der Waals surface area contributed by atoms with Crippen LogP contribution in [0.5, 0.6) is 0 Å². The lowest BCUT2D eigenvalue weighted by Crippen LogP contribution is -2.31. The van der Waals surface area contributed by atoms with Crippen LogP contribution >= 0.6 is 24.0 Å². The van der Waals surface area contributed by atoms with E-state index in [1.807, 2.05) is 6.07 Å². The maximum atomic E-state index is 12.8. The summed E-state index contributed by atoms with van der Waals surface area (Å²) in [6.07, 6.45) is 3.48. The van der Waals surface area contributed by atoms with Gasteiger partial charge in [0.1, 0.15) is 21.8 Å². The van der Waals surface area contributed by atoms with Gasteiger partial charge in [0, 0.05) is 32.2 Å². The van der Waals surface area contributed by atoms with Crippen LogP contribution in [0.15, 0.2) is 9.70 Å². The fourth-order valence-corrected chi connectivity index (χ4v) is 4.84. The molecule has 1 aromatic rings. The predicted molar refractivity (Wildman–Crippen MR) is 115 cm³/mol. The van der Waals surface area contributed by atoms with Gasteiger partial charge in [-0.15, -0.1) is 0 Å². The first-order valence-corrected chi connectivity index (χ1v) is 10.3. The summed E-state index contributed by atoms with van der Waals surface area (Å²) in [6.45, 7) is 3.29. The molecule has 2 saturated heterocycles. The van der Waals surface area contributed by atoms with E-state index in [9.17, 15) is 19.6 Å². The molecule has 0 saturated carbocycles. The van der Waals surface area contributed by atoms with Gasteiger partial charge in [-0.05, 0) is 31.4 Å². The molecule has 0 spiro atoms. The first-order valence-electron chi connectivity index (χ1n) is 9.12. The van der Waals surface area contributed by atoms with Crippen molar-refractivity contribution in [2.75, 3.05) is 24.5 Å². The summed E-state index contributed by atoms with van der Waals surface area (Å²) in [5.41, 5.74) is 0.846. The molecule has 29 heavy (non-hydrogen) atoms. The van der Waals surface area contributed by atoms with Gasteiger partial charge in [0.05, 0.1) is 11.3 Å². The van der Waals surface area contributed by atoms with Crippen LogP contribution in [0.3, 0.4) is 0 Å². The van der Waals surface area contributed by atoms with E-state index < -0.39 is 5.97 Å². The molecule has 2 aliphatic heterocycles. The van der Waals surface area contributed by atoms with Gasteiger partial charge in [-0.1, -0.05) is 24.0 Å². The van der Waals surface area contributed by atoms with Crippen LogP contribution < -0.4 is 10.5 Å². The van der Waals surface area contributed by atoms with E-state index in [2.05, 4.69) is 4.90 Å². The third kappa shape index (κ3) is 3.93. The first kappa shape index (κ1) is 21.1. The molecular formula is C19H20N4O4S2. The normalized spacial score (nSPS) is 18.0. The molecule has 10 heteroatoms. The largest absolute Gasteiger partial charge is 0.481 e. The number of carboxylic acid groups (broad SMARTS) is 1. The Morgan fingerprint density at radius 3 is 2.59 bits per heavy atom. The maximum Gasteiger partial charge on any atom is 0.305 e. The molecular weight excluding hydrogens is 412 g/mol. The summed E-state index contributed by atoms with van der Waals surface area (Å²) in [4.78, 5) is 40.0. The summed E-state index contributed by atoms with van der Waals surface area (Å²) in [5, 5.41) is 18.4. The zero-order valence-corrected chi connectivity index (χ0v) is 17.7. The number of nitrogens with zero attached hydrogens (tertiary/aromatic N) is 4. The van der Waals surface area contributed by atoms with Crippen LogP contribution in [-0.2, 0) is 16.6 Å². The van der Waals surface area contributed by atoms with Gasteiger partial charge in [0.15, 0.2) is 0 Å². The van der Waals surface area contributed by atoms with Gasteiger partial charge in [-0.25, -0.2) is 0 Å². The molecule has 2 aliphatic rings. The molecule has 0 atom stereocenters. The van der Waals surface area contributed by atoms with Gasteiger partial charge in [-0.2, -0.15) is 5.26 Å². The molecule has 0 radical (unpaired) electrons. The second-order valence-electron chi connectivity index (χ2n) is 6.88. The van der Waals surface area contributed by atoms with Crippen LogP contribution in [0.25, 0.3) is 6.08 Å². The van der Waals surface area contributed by atoms with Gasteiger partial charge >= 0.3 is 5.97 Å². The summed E-state index contributed by atoms with van der Waals surface area (Å²) in [6, 6.07) is 1.97. The van der Waals surface area contributed by atoms with Crippen molar-refractivity contribution in [2.45, 2.75) is 26.2 Å². The van der Waals surface area contributed by atoms with Crippen molar-refractivity contribution in [1.82, 2.24) is 9.47 Å². The Bertz CT molecular complexity index is 1030. The zero-order valence-electron chi connectivity index (χ0n) is 16.1. The van der Waals surface area contributed by atoms with Crippen molar-refractivity contribution in [3.63, 3.8) is 0 Å². The van der Waals surface area contributed by atoms with Crippen LogP contribution in [-0.4, -0.2) is 50.4 Å². The van der Waals surface area contributed by atoms with E-state index >= 15 is 0 Å². The van der Waals surface area contributed by atoms with Gasteiger partial charge < -0.3 is 10.0 Å². The third-order valence-corrected chi connectivity index (χ3v) is 6.45. The van der Waals surface area contributed by atoms with Gasteiger partial charge in [-0.3, -0.25) is 23.9 Å². The zero-order chi connectivity index (χ0) is 21.3. The summed E-state index contributed by atoms with van der Waals surface area (Å²) in [7, 11) is 1.63. The average Bonchev–Trinajstić information content (AvgIpc) is 3.28. The number of thioether (sulfide) groups is 1. The second kappa shape index (κ2) is 8.39. The predicted octanol–water partition coefficient (Wildman–Crippen LogP) is 1.84. The number of pyridine rings is 1. The van der Waals surface area contributed by atoms with E-state index in [4.69, 9.17) is 17.3 Å². The molecule has 0 aromatic carbocycles. The quantitative estimate of drug-likeness (QED) is 0.555. The maximum absolute atomic E-state index is 12.8. The molecule has 1 amide bonds. The van der Waals surface area contributed by atoms with Crippen molar-refractivity contribution < 1.29 is 14.7 Å². The number of amides is 1. The number of hydrogen-bond acceptors (Lipinski definition) is 7. The highest BCUT2D eigenvalue weighted by atomic mass is 32.2. The number of nitriles is 1. The SMILES string of the molecule is Cc1c(/C=C2/SC(=S)N(CCC(=O)O)C2=O)c(N2CCCC2)n(C)c(=O)c1C#N. The Morgan fingerprint density at radius 1 is 1.34 bits per heavy atom. The number of anilines is 1. The lowest BCUT2D eigenvalue weighted by molar-refractivity contribution is -0.137. The molecule has 0 aliphatic carbocycles. The molecule has 3 rings (SSSR count). The lowest BCUT2D eigenvalue weighted by atomic mass is 10.0. The van der Waals surface area contributed by atoms with Crippen LogP contribution in [0, 0.1) is 18.3 Å². The highest BCUT2D eigenvalue weighted by Crippen LogP contribution is 2.36. The van der Waals surface area contributed by atoms with Crippen LogP contribution in [0.2, 0.25) is 0 Å². The molecule has 3 heterocycles. The number of aliphatic carboxylic acids is 1. The minimum Gasteiger partial charge on any atom is -0.481 e. The Kier molecular flexibility index (Phi) is 6.10. The van der Waals surface area contributed by atoms with Crippen molar-refractivity contribution in [2.24, 2.45) is 7.05 Å². The molecule has 1 N–H and O–H groups in total. The van der Waals surface area contributed by atoms with E-state index in [1.54, 1.807) is 20.0 Å². The van der Waals surface area contributed by atoms with Crippen LogP contribution in [0.4, 0.5) is 5.82 Å². The van der Waals surface area contributed by atoms with Gasteiger partial charge in [0.25, 0.3) is 11.5 Å². The monoisotopic (exact) mass is 432 g/mol. The number of rotatable bonds is 5. The van der Waals surface area contributed by atoms with Crippen LogP contribution in [0.1, 0.15) is 36.0 Å². The van der Waals surface area contributed by atoms with Crippen molar-refractivity contribution in [1.29, 1.82) is 5.26 Å². The highest BCUT2D eigenvalue weighted by molar-refractivity contribution is 8.26. The minimum absolute atomic E-state index is 0.00598. The third-order valence-electron chi connectivity index (χ3n) is 5.07. The number of thiocarbonyl (C=S) groups is 1. The topological polar surface area (TPSA) is 107 Å². The second-order valence-corrected chi connectivity index (χ2v) is 8.56. The van der Waals surface area contributed by atoms with Crippen molar-refractivity contribution in [3.05, 3.63) is 31.9 Å². The molecule has 0 unspecified atom stereocenters. The number of carbonyl (C=O) groups is 2. The summed E-state index contributed by atoms with van der Waals surface area (Å²) >= 11 is 6.35. The average molecular weight is 433 g/mol. The number of carbonyl (C=O) groups excluding carboxylic acids is 1. The Hall–Kier alpha value is -2.64. The molecule has 1 aromatic heterocycles. The van der Waals surface area contributed by atoms with E-state index in [1.165, 1.54) is 9.47 Å². The highest BCUT2D eigenvalue weighted by Gasteiger charge is 2.33. The van der Waals surface area contributed by atoms with Crippen molar-refractivity contribution >= 4 is 52.1 Å². The standard InChI is InChI=1S/C19H20N4O4S2/c1-11-12(9-14-18(27)23(19(28)29-14)8-5-15(24)25)16(22-6-3-4-7-22)21(2)17(26)13(11)10-20/h9H,3-8H2,1-2H3,(H,24,25)/b14-9+. The number of carboxylic acids is 1. The summed E-state index contributed by atoms with van der Waals surface area (Å²) in [5.74, 6) is -0.688. The van der Waals surface area contributed by atoms with E-state index in [-0.39, 0.29) is 30.0 Å². The smallest absolute Gasteiger partial charge is 0.305 e. The Morgan fingerprint density at radius 2 is 2.00 bits per heavy atom. The fraction of sp³-hybridized carbons (Fsp3) is 0.421. The lowest BCUT2D eigenvalue weighted by Gasteiger charge is -2.25. The Balaban J connectivity index is 2.11. The molecule has 8 nitrogen and oxygen atoms in total. The van der Waals surface area contributed by atoms with Crippen molar-refractivity contribution in [3.8, 4) is 6.07 Å². The number of aromatic nitrogens is 1. The fourth-order valence-electron chi connectivity index (χ4n) is 3.55. The Labute approximate surface area is 177 Å². The first-order chi connectivity index (χ1) is 13.8. The molecule has 152 valence electrons. The number of hydrogen-bond donors (Lipinski definition) is 1. The van der Waals surface area contributed by atoms with E-state index in [0.717, 1.165) is 37.7 Å².